The van der Waals surface area contributed by atoms with Gasteiger partial charge in [-0.3, -0.25) is 9.69 Å². The Labute approximate surface area is 167 Å². The van der Waals surface area contributed by atoms with Crippen molar-refractivity contribution < 1.29 is 14.3 Å². The maximum absolute atomic E-state index is 12.7. The van der Waals surface area contributed by atoms with Gasteiger partial charge < -0.3 is 14.8 Å². The summed E-state index contributed by atoms with van der Waals surface area (Å²) in [5.41, 5.74) is 2.87. The Kier molecular flexibility index (Phi) is 5.80. The van der Waals surface area contributed by atoms with E-state index in [4.69, 9.17) is 9.47 Å². The average Bonchev–Trinajstić information content (AvgIpc) is 3.18. The number of methoxy groups -OCH3 is 1. The zero-order valence-electron chi connectivity index (χ0n) is 15.7. The third kappa shape index (κ3) is 4.14. The second-order valence-electron chi connectivity index (χ2n) is 6.60. The Morgan fingerprint density at radius 1 is 1.21 bits per heavy atom. The smallest absolute Gasteiger partial charge is 0.253 e. The number of carbonyl (C=O) groups excluding carboxylic acids is 1. The van der Waals surface area contributed by atoms with Crippen LogP contribution < -0.4 is 10.1 Å². The number of nitrogens with zero attached hydrogens (tertiary/aromatic N) is 3. The number of ether oxygens (including phenoxy) is 2. The van der Waals surface area contributed by atoms with Gasteiger partial charge in [0.05, 0.1) is 31.3 Å². The van der Waals surface area contributed by atoms with E-state index in [-0.39, 0.29) is 5.91 Å². The number of hydrogen-bond donors (Lipinski definition) is 1. The monoisotopic (exact) mass is 398 g/mol. The number of fused-ring (bicyclic) bond motifs is 1. The second-order valence-corrected chi connectivity index (χ2v) is 7.46. The second kappa shape index (κ2) is 8.64. The maximum Gasteiger partial charge on any atom is 0.253 e. The third-order valence-corrected chi connectivity index (χ3v) is 5.65. The number of amides is 1. The molecule has 0 radical (unpaired) electrons. The third-order valence-electron chi connectivity index (χ3n) is 4.76. The molecule has 0 spiro atoms. The van der Waals surface area contributed by atoms with Gasteiger partial charge in [-0.1, -0.05) is 24.3 Å². The van der Waals surface area contributed by atoms with Crippen LogP contribution in [0.15, 0.2) is 36.0 Å². The number of morpholine rings is 1. The van der Waals surface area contributed by atoms with Crippen molar-refractivity contribution >= 4 is 27.5 Å². The number of rotatable bonds is 6. The average molecular weight is 398 g/mol. The largest absolute Gasteiger partial charge is 0.480 e. The molecule has 0 aliphatic carbocycles. The molecule has 1 aromatic carbocycles. The Bertz CT molecular complexity index is 952. The van der Waals surface area contributed by atoms with Crippen LogP contribution >= 0.6 is 11.3 Å². The number of benzene rings is 1. The standard InChI is InChI=1S/C20H22N4O3S/c1-26-19-17-16(12-28-20(17)23-13-22-19)18(25)21-10-14-2-4-15(5-3-14)11-24-6-8-27-9-7-24/h2-5,12-13H,6-11H2,1H3,(H,21,25). The molecule has 1 aliphatic heterocycles. The number of aromatic nitrogens is 2. The van der Waals surface area contributed by atoms with Gasteiger partial charge in [-0.15, -0.1) is 11.3 Å². The van der Waals surface area contributed by atoms with Crippen LogP contribution in [0, 0.1) is 0 Å². The fraction of sp³-hybridized carbons (Fsp3) is 0.350. The highest BCUT2D eigenvalue weighted by molar-refractivity contribution is 7.17. The van der Waals surface area contributed by atoms with E-state index in [9.17, 15) is 4.79 Å². The topological polar surface area (TPSA) is 76.6 Å². The SMILES string of the molecule is COc1ncnc2scc(C(=O)NCc3ccc(CN4CCOCC4)cc3)c12. The summed E-state index contributed by atoms with van der Waals surface area (Å²) in [6, 6.07) is 8.36. The van der Waals surface area contributed by atoms with Gasteiger partial charge >= 0.3 is 0 Å². The molecule has 4 rings (SSSR count). The summed E-state index contributed by atoms with van der Waals surface area (Å²) in [4.78, 5) is 24.1. The quantitative estimate of drug-likeness (QED) is 0.687. The molecule has 3 aromatic rings. The normalized spacial score (nSPS) is 14.9. The maximum atomic E-state index is 12.7. The van der Waals surface area contributed by atoms with Crippen molar-refractivity contribution in [2.45, 2.75) is 13.1 Å². The minimum Gasteiger partial charge on any atom is -0.480 e. The molecule has 0 bridgehead atoms. The van der Waals surface area contributed by atoms with Crippen LogP contribution in [0.25, 0.3) is 10.2 Å². The summed E-state index contributed by atoms with van der Waals surface area (Å²) in [5, 5.41) is 5.43. The van der Waals surface area contributed by atoms with E-state index >= 15 is 0 Å². The number of thiophene rings is 1. The molecule has 3 heterocycles. The fourth-order valence-electron chi connectivity index (χ4n) is 3.23. The molecule has 0 atom stereocenters. The van der Waals surface area contributed by atoms with Gasteiger partial charge in [-0.25, -0.2) is 9.97 Å². The Morgan fingerprint density at radius 3 is 2.71 bits per heavy atom. The summed E-state index contributed by atoms with van der Waals surface area (Å²) in [6.45, 7) is 4.94. The molecule has 1 amide bonds. The summed E-state index contributed by atoms with van der Waals surface area (Å²) in [6.07, 6.45) is 1.44. The van der Waals surface area contributed by atoms with E-state index in [1.807, 2.05) is 0 Å². The van der Waals surface area contributed by atoms with Crippen LogP contribution in [0.2, 0.25) is 0 Å². The molecule has 0 unspecified atom stereocenters. The molecular formula is C20H22N4O3S. The van der Waals surface area contributed by atoms with Crippen LogP contribution in [0.1, 0.15) is 21.5 Å². The predicted octanol–water partition coefficient (Wildman–Crippen LogP) is 2.46. The van der Waals surface area contributed by atoms with Crippen molar-refractivity contribution in [3.8, 4) is 5.88 Å². The van der Waals surface area contributed by atoms with E-state index in [0.717, 1.165) is 43.2 Å². The number of hydrogen-bond acceptors (Lipinski definition) is 7. The van der Waals surface area contributed by atoms with Crippen LogP contribution in [-0.4, -0.2) is 54.2 Å². The van der Waals surface area contributed by atoms with Gasteiger partial charge in [0, 0.05) is 31.6 Å². The van der Waals surface area contributed by atoms with Gasteiger partial charge in [0.25, 0.3) is 5.91 Å². The summed E-state index contributed by atoms with van der Waals surface area (Å²) in [5.74, 6) is 0.264. The molecule has 8 heteroatoms. The van der Waals surface area contributed by atoms with Gasteiger partial charge in [-0.05, 0) is 11.1 Å². The van der Waals surface area contributed by atoms with Crippen LogP contribution in [-0.2, 0) is 17.8 Å². The molecule has 1 aliphatic rings. The molecule has 0 saturated carbocycles. The summed E-state index contributed by atoms with van der Waals surface area (Å²) in [7, 11) is 1.54. The Hall–Kier alpha value is -2.55. The molecular weight excluding hydrogens is 376 g/mol. The zero-order valence-corrected chi connectivity index (χ0v) is 16.5. The van der Waals surface area contributed by atoms with Crippen molar-refractivity contribution in [1.82, 2.24) is 20.2 Å². The van der Waals surface area contributed by atoms with Gasteiger partial charge in [0.2, 0.25) is 5.88 Å². The molecule has 1 fully saturated rings. The highest BCUT2D eigenvalue weighted by Gasteiger charge is 2.17. The molecule has 1 N–H and O–H groups in total. The first-order valence-corrected chi connectivity index (χ1v) is 10.0. The van der Waals surface area contributed by atoms with Gasteiger partial charge in [-0.2, -0.15) is 0 Å². The Morgan fingerprint density at radius 2 is 1.96 bits per heavy atom. The molecule has 1 saturated heterocycles. The molecule has 2 aromatic heterocycles. The van der Waals surface area contributed by atoms with Crippen LogP contribution in [0.5, 0.6) is 5.88 Å². The highest BCUT2D eigenvalue weighted by atomic mass is 32.1. The number of nitrogens with one attached hydrogen (secondary N) is 1. The lowest BCUT2D eigenvalue weighted by molar-refractivity contribution is 0.0342. The van der Waals surface area contributed by atoms with Crippen molar-refractivity contribution in [2.75, 3.05) is 33.4 Å². The molecule has 7 nitrogen and oxygen atoms in total. The fourth-order valence-corrected chi connectivity index (χ4v) is 4.10. The van der Waals surface area contributed by atoms with E-state index in [1.165, 1.54) is 23.2 Å². The number of carbonyl (C=O) groups is 1. The lowest BCUT2D eigenvalue weighted by Crippen LogP contribution is -2.35. The summed E-state index contributed by atoms with van der Waals surface area (Å²) < 4.78 is 10.7. The first kappa shape index (κ1) is 18.8. The van der Waals surface area contributed by atoms with Crippen molar-refractivity contribution in [3.05, 3.63) is 52.7 Å². The van der Waals surface area contributed by atoms with E-state index in [0.29, 0.717) is 23.4 Å². The first-order valence-electron chi connectivity index (χ1n) is 9.17. The van der Waals surface area contributed by atoms with Gasteiger partial charge in [0.15, 0.2) is 0 Å². The van der Waals surface area contributed by atoms with E-state index < -0.39 is 0 Å². The minimum atomic E-state index is -0.156. The van der Waals surface area contributed by atoms with Crippen molar-refractivity contribution in [2.24, 2.45) is 0 Å². The highest BCUT2D eigenvalue weighted by Crippen LogP contribution is 2.30. The predicted molar refractivity (Wildman–Crippen MR) is 108 cm³/mol. The lowest BCUT2D eigenvalue weighted by Gasteiger charge is -2.26. The Balaban J connectivity index is 1.38. The van der Waals surface area contributed by atoms with Crippen LogP contribution in [0.3, 0.4) is 0 Å². The minimum absolute atomic E-state index is 0.156. The summed E-state index contributed by atoms with van der Waals surface area (Å²) >= 11 is 1.41. The van der Waals surface area contributed by atoms with E-state index in [1.54, 1.807) is 12.5 Å². The van der Waals surface area contributed by atoms with Crippen molar-refractivity contribution in [1.29, 1.82) is 0 Å². The molecule has 28 heavy (non-hydrogen) atoms. The zero-order chi connectivity index (χ0) is 19.3. The van der Waals surface area contributed by atoms with E-state index in [2.05, 4.69) is 44.5 Å². The lowest BCUT2D eigenvalue weighted by atomic mass is 10.1. The molecule has 146 valence electrons. The van der Waals surface area contributed by atoms with Crippen LogP contribution in [0.4, 0.5) is 0 Å². The first-order chi connectivity index (χ1) is 13.7. The van der Waals surface area contributed by atoms with Gasteiger partial charge in [0.1, 0.15) is 11.2 Å². The van der Waals surface area contributed by atoms with Crippen molar-refractivity contribution in [3.63, 3.8) is 0 Å².